The number of rotatable bonds is 3. The minimum Gasteiger partial charge on any atom is -0.270 e. The molecule has 1 unspecified atom stereocenters. The molecule has 1 atom stereocenters. The maximum Gasteiger partial charge on any atom is 0.100 e. The number of hydrogen-bond donors (Lipinski definition) is 0. The van der Waals surface area contributed by atoms with Crippen LogP contribution < -0.4 is 0 Å². The molecule has 86 valence electrons. The molecule has 2 rings (SSSR count). The normalized spacial score (nSPS) is 13.0. The van der Waals surface area contributed by atoms with Crippen molar-refractivity contribution in [2.24, 2.45) is 7.05 Å². The predicted octanol–water partition coefficient (Wildman–Crippen LogP) is 1.67. The Kier molecular flexibility index (Phi) is 2.96. The number of alkyl halides is 1. The zero-order valence-electron chi connectivity index (χ0n) is 9.55. The van der Waals surface area contributed by atoms with Gasteiger partial charge < -0.3 is 0 Å². The van der Waals surface area contributed by atoms with Crippen LogP contribution in [0.15, 0.2) is 12.3 Å². The topological polar surface area (TPSA) is 48.5 Å². The summed E-state index contributed by atoms with van der Waals surface area (Å²) in [6.45, 7) is 4.51. The Bertz CT molecular complexity index is 485. The van der Waals surface area contributed by atoms with Crippen LogP contribution in [0.3, 0.4) is 0 Å². The van der Waals surface area contributed by atoms with Gasteiger partial charge in [-0.25, -0.2) is 4.68 Å². The monoisotopic (exact) mass is 239 g/mol. The molecule has 5 nitrogen and oxygen atoms in total. The highest BCUT2D eigenvalue weighted by Gasteiger charge is 2.08. The van der Waals surface area contributed by atoms with Crippen LogP contribution in [0.2, 0.25) is 0 Å². The molecule has 2 aromatic heterocycles. The number of halogens is 1. The maximum atomic E-state index is 5.92. The van der Waals surface area contributed by atoms with Crippen LogP contribution in [0.25, 0.3) is 0 Å². The molecule has 0 fully saturated rings. The third-order valence-electron chi connectivity index (χ3n) is 2.39. The second-order valence-corrected chi connectivity index (χ2v) is 4.51. The Labute approximate surface area is 99.0 Å². The highest BCUT2D eigenvalue weighted by Crippen LogP contribution is 2.15. The van der Waals surface area contributed by atoms with E-state index >= 15 is 0 Å². The van der Waals surface area contributed by atoms with Crippen LogP contribution in [0.5, 0.6) is 0 Å². The number of aromatic nitrogens is 5. The van der Waals surface area contributed by atoms with Crippen LogP contribution >= 0.6 is 11.6 Å². The summed E-state index contributed by atoms with van der Waals surface area (Å²) in [6.07, 6.45) is 1.86. The molecule has 0 saturated carbocycles. The van der Waals surface area contributed by atoms with Crippen molar-refractivity contribution in [2.45, 2.75) is 25.8 Å². The molecule has 0 radical (unpaired) electrons. The second-order valence-electron chi connectivity index (χ2n) is 3.86. The van der Waals surface area contributed by atoms with Gasteiger partial charge in [-0.15, -0.1) is 16.7 Å². The van der Waals surface area contributed by atoms with Gasteiger partial charge in [0.05, 0.1) is 29.5 Å². The fraction of sp³-hybridized carbons (Fsp3) is 0.500. The Morgan fingerprint density at radius 3 is 2.75 bits per heavy atom. The minimum absolute atomic E-state index is 0.109. The Morgan fingerprint density at radius 1 is 1.50 bits per heavy atom. The highest BCUT2D eigenvalue weighted by atomic mass is 35.5. The summed E-state index contributed by atoms with van der Waals surface area (Å²) >= 11 is 5.92. The minimum atomic E-state index is -0.109. The standard InChI is InChI=1S/C10H14ClN5/c1-7-4-9(15(3)13-7)5-16-6-10(8(2)11)12-14-16/h4,6,8H,5H2,1-3H3. The van der Waals surface area contributed by atoms with Gasteiger partial charge in [0.1, 0.15) is 5.69 Å². The lowest BCUT2D eigenvalue weighted by Crippen LogP contribution is -2.06. The van der Waals surface area contributed by atoms with E-state index in [1.807, 2.05) is 37.8 Å². The third-order valence-corrected chi connectivity index (χ3v) is 2.61. The summed E-state index contributed by atoms with van der Waals surface area (Å²) in [5.41, 5.74) is 2.89. The third kappa shape index (κ3) is 2.24. The molecular weight excluding hydrogens is 226 g/mol. The van der Waals surface area contributed by atoms with Gasteiger partial charge in [-0.3, -0.25) is 4.68 Å². The first-order valence-corrected chi connectivity index (χ1v) is 5.53. The van der Waals surface area contributed by atoms with Crippen molar-refractivity contribution in [2.75, 3.05) is 0 Å². The van der Waals surface area contributed by atoms with Crippen LogP contribution in [0.1, 0.15) is 29.4 Å². The van der Waals surface area contributed by atoms with E-state index in [2.05, 4.69) is 15.4 Å². The van der Waals surface area contributed by atoms with Gasteiger partial charge in [-0.2, -0.15) is 5.10 Å². The van der Waals surface area contributed by atoms with Gasteiger partial charge in [0.15, 0.2) is 0 Å². The van der Waals surface area contributed by atoms with Crippen molar-refractivity contribution < 1.29 is 0 Å². The Morgan fingerprint density at radius 2 is 2.25 bits per heavy atom. The summed E-state index contributed by atoms with van der Waals surface area (Å²) < 4.78 is 3.62. The number of aryl methyl sites for hydroxylation is 2. The van der Waals surface area contributed by atoms with E-state index in [1.54, 1.807) is 4.68 Å². The molecular formula is C10H14ClN5. The van der Waals surface area contributed by atoms with Crippen molar-refractivity contribution in [3.05, 3.63) is 29.3 Å². The highest BCUT2D eigenvalue weighted by molar-refractivity contribution is 6.20. The Balaban J connectivity index is 2.17. The smallest absolute Gasteiger partial charge is 0.100 e. The zero-order chi connectivity index (χ0) is 11.7. The lowest BCUT2D eigenvalue weighted by molar-refractivity contribution is 0.599. The molecule has 0 aromatic carbocycles. The van der Waals surface area contributed by atoms with Crippen molar-refractivity contribution >= 4 is 11.6 Å². The molecule has 0 aliphatic heterocycles. The summed E-state index contributed by atoms with van der Waals surface area (Å²) in [7, 11) is 1.92. The number of hydrogen-bond acceptors (Lipinski definition) is 3. The lowest BCUT2D eigenvalue weighted by atomic mass is 10.3. The molecule has 2 heterocycles. The van der Waals surface area contributed by atoms with E-state index in [0.717, 1.165) is 17.1 Å². The van der Waals surface area contributed by atoms with Crippen LogP contribution in [-0.4, -0.2) is 24.8 Å². The van der Waals surface area contributed by atoms with Gasteiger partial charge in [-0.05, 0) is 19.9 Å². The lowest BCUT2D eigenvalue weighted by Gasteiger charge is -2.00. The van der Waals surface area contributed by atoms with E-state index in [4.69, 9.17) is 11.6 Å². The molecule has 0 aliphatic rings. The SMILES string of the molecule is Cc1cc(Cn2cc(C(C)Cl)nn2)n(C)n1. The summed E-state index contributed by atoms with van der Waals surface area (Å²) in [5, 5.41) is 12.2. The molecule has 2 aromatic rings. The van der Waals surface area contributed by atoms with Gasteiger partial charge in [0.2, 0.25) is 0 Å². The molecule has 6 heteroatoms. The first kappa shape index (κ1) is 11.1. The molecule has 0 aliphatic carbocycles. The van der Waals surface area contributed by atoms with E-state index in [9.17, 15) is 0 Å². The van der Waals surface area contributed by atoms with Gasteiger partial charge in [0, 0.05) is 7.05 Å². The largest absolute Gasteiger partial charge is 0.270 e. The average Bonchev–Trinajstić information content (AvgIpc) is 2.75. The van der Waals surface area contributed by atoms with Crippen LogP contribution in [0.4, 0.5) is 0 Å². The van der Waals surface area contributed by atoms with Crippen LogP contribution in [0, 0.1) is 6.92 Å². The molecule has 0 bridgehead atoms. The van der Waals surface area contributed by atoms with Gasteiger partial charge in [0.25, 0.3) is 0 Å². The quantitative estimate of drug-likeness (QED) is 0.766. The van der Waals surface area contributed by atoms with Crippen molar-refractivity contribution in [3.63, 3.8) is 0 Å². The predicted molar refractivity (Wildman–Crippen MR) is 61.3 cm³/mol. The molecule has 0 amide bonds. The molecule has 0 spiro atoms. The summed E-state index contributed by atoms with van der Waals surface area (Å²) in [6, 6.07) is 2.03. The fourth-order valence-electron chi connectivity index (χ4n) is 1.55. The van der Waals surface area contributed by atoms with Crippen molar-refractivity contribution in [3.8, 4) is 0 Å². The van der Waals surface area contributed by atoms with E-state index < -0.39 is 0 Å². The van der Waals surface area contributed by atoms with Gasteiger partial charge >= 0.3 is 0 Å². The van der Waals surface area contributed by atoms with Crippen molar-refractivity contribution in [1.82, 2.24) is 24.8 Å². The van der Waals surface area contributed by atoms with Crippen molar-refractivity contribution in [1.29, 1.82) is 0 Å². The average molecular weight is 240 g/mol. The first-order valence-electron chi connectivity index (χ1n) is 5.10. The van der Waals surface area contributed by atoms with Gasteiger partial charge in [-0.1, -0.05) is 5.21 Å². The molecule has 16 heavy (non-hydrogen) atoms. The zero-order valence-corrected chi connectivity index (χ0v) is 10.3. The Hall–Kier alpha value is -1.36. The van der Waals surface area contributed by atoms with E-state index in [-0.39, 0.29) is 5.38 Å². The fourth-order valence-corrected chi connectivity index (χ4v) is 1.65. The number of nitrogens with zero attached hydrogens (tertiary/aromatic N) is 5. The maximum absolute atomic E-state index is 5.92. The molecule has 0 saturated heterocycles. The van der Waals surface area contributed by atoms with Crippen LogP contribution in [-0.2, 0) is 13.6 Å². The molecule has 0 N–H and O–H groups in total. The summed E-state index contributed by atoms with van der Waals surface area (Å²) in [5.74, 6) is 0. The first-order chi connectivity index (χ1) is 7.56. The summed E-state index contributed by atoms with van der Waals surface area (Å²) in [4.78, 5) is 0. The second kappa shape index (κ2) is 4.25. The van der Waals surface area contributed by atoms with E-state index in [1.165, 1.54) is 0 Å². The van der Waals surface area contributed by atoms with E-state index in [0.29, 0.717) is 6.54 Å².